The predicted octanol–water partition coefficient (Wildman–Crippen LogP) is 4.06. The number of benzene rings is 2. The number of amides is 1. The van der Waals surface area contributed by atoms with Gasteiger partial charge in [-0.1, -0.05) is 13.0 Å². The van der Waals surface area contributed by atoms with E-state index >= 15 is 0 Å². The topological polar surface area (TPSA) is 89.4 Å². The van der Waals surface area contributed by atoms with Crippen LogP contribution < -0.4 is 14.8 Å². The van der Waals surface area contributed by atoms with Crippen LogP contribution in [0.3, 0.4) is 0 Å². The summed E-state index contributed by atoms with van der Waals surface area (Å²) in [6.45, 7) is 4.82. The minimum absolute atomic E-state index is 0.0190. The van der Waals surface area contributed by atoms with Gasteiger partial charge in [0.05, 0.1) is 17.6 Å². The van der Waals surface area contributed by atoms with E-state index < -0.39 is 10.0 Å². The van der Waals surface area contributed by atoms with Crippen molar-refractivity contribution in [2.24, 2.45) is 0 Å². The van der Waals surface area contributed by atoms with E-state index in [0.29, 0.717) is 17.0 Å². The van der Waals surface area contributed by atoms with Gasteiger partial charge in [-0.2, -0.15) is 0 Å². The quantitative estimate of drug-likeness (QED) is 0.552. The molecule has 0 bridgehead atoms. The maximum Gasteiger partial charge on any atom is 0.258 e. The van der Waals surface area contributed by atoms with Crippen LogP contribution in [0.25, 0.3) is 10.9 Å². The lowest BCUT2D eigenvalue weighted by atomic mass is 10.1. The zero-order valence-electron chi connectivity index (χ0n) is 17.9. The standard InChI is InChI=1S/C23H27N3O4S/c1-4-12-26-15(2)22(20-14-18(30-3)10-11-21(20)26)23(27)24-17-6-5-7-19(13-17)31(28,29)25-16-8-9-16/h5-7,10-11,13-14,16,25H,4,8-9,12H2,1-3H3,(H,24,27). The Bertz CT molecular complexity index is 1240. The number of fused-ring (bicyclic) bond motifs is 1. The molecule has 0 aliphatic heterocycles. The highest BCUT2D eigenvalue weighted by molar-refractivity contribution is 7.89. The molecule has 0 unspecified atom stereocenters. The Kier molecular flexibility index (Phi) is 5.77. The van der Waals surface area contributed by atoms with Gasteiger partial charge in [0, 0.05) is 34.9 Å². The molecule has 1 aliphatic rings. The largest absolute Gasteiger partial charge is 0.497 e. The van der Waals surface area contributed by atoms with E-state index in [9.17, 15) is 13.2 Å². The summed E-state index contributed by atoms with van der Waals surface area (Å²) >= 11 is 0. The monoisotopic (exact) mass is 441 g/mol. The zero-order valence-corrected chi connectivity index (χ0v) is 18.8. The summed E-state index contributed by atoms with van der Waals surface area (Å²) in [5.41, 5.74) is 2.83. The molecule has 0 radical (unpaired) electrons. The highest BCUT2D eigenvalue weighted by Gasteiger charge is 2.28. The predicted molar refractivity (Wildman–Crippen MR) is 121 cm³/mol. The second-order valence-corrected chi connectivity index (χ2v) is 9.59. The van der Waals surface area contributed by atoms with E-state index in [1.54, 1.807) is 19.2 Å². The van der Waals surface area contributed by atoms with Crippen molar-refractivity contribution in [1.29, 1.82) is 0 Å². The van der Waals surface area contributed by atoms with Gasteiger partial charge < -0.3 is 14.6 Å². The molecule has 1 saturated carbocycles. The van der Waals surface area contributed by atoms with Gasteiger partial charge in [-0.25, -0.2) is 13.1 Å². The number of methoxy groups -OCH3 is 1. The van der Waals surface area contributed by atoms with E-state index in [1.165, 1.54) is 12.1 Å². The van der Waals surface area contributed by atoms with Crippen molar-refractivity contribution in [1.82, 2.24) is 9.29 Å². The van der Waals surface area contributed by atoms with E-state index in [-0.39, 0.29) is 16.8 Å². The molecule has 1 aromatic heterocycles. The zero-order chi connectivity index (χ0) is 22.2. The Morgan fingerprint density at radius 2 is 1.97 bits per heavy atom. The van der Waals surface area contributed by atoms with Crippen LogP contribution in [-0.4, -0.2) is 32.0 Å². The molecule has 164 valence electrons. The summed E-state index contributed by atoms with van der Waals surface area (Å²) in [7, 11) is -2.00. The molecule has 1 amide bonds. The van der Waals surface area contributed by atoms with Crippen molar-refractivity contribution in [2.45, 2.75) is 50.6 Å². The van der Waals surface area contributed by atoms with Crippen LogP contribution >= 0.6 is 0 Å². The molecule has 3 aromatic rings. The molecule has 2 N–H and O–H groups in total. The van der Waals surface area contributed by atoms with Crippen molar-refractivity contribution in [3.05, 3.63) is 53.7 Å². The number of aromatic nitrogens is 1. The van der Waals surface area contributed by atoms with Crippen LogP contribution in [0.5, 0.6) is 5.75 Å². The molecule has 7 nitrogen and oxygen atoms in total. The lowest BCUT2D eigenvalue weighted by Crippen LogP contribution is -2.25. The first-order valence-electron chi connectivity index (χ1n) is 10.4. The first kappa shape index (κ1) is 21.4. The van der Waals surface area contributed by atoms with Gasteiger partial charge in [-0.3, -0.25) is 4.79 Å². The van der Waals surface area contributed by atoms with Gasteiger partial charge in [0.15, 0.2) is 0 Å². The van der Waals surface area contributed by atoms with E-state index in [2.05, 4.69) is 21.5 Å². The number of nitrogens with one attached hydrogen (secondary N) is 2. The molecule has 0 atom stereocenters. The summed E-state index contributed by atoms with van der Waals surface area (Å²) < 4.78 is 35.2. The van der Waals surface area contributed by atoms with Crippen LogP contribution in [0.1, 0.15) is 42.2 Å². The number of rotatable bonds is 8. The third-order valence-electron chi connectivity index (χ3n) is 5.51. The van der Waals surface area contributed by atoms with Gasteiger partial charge in [0.25, 0.3) is 5.91 Å². The smallest absolute Gasteiger partial charge is 0.258 e. The number of hydrogen-bond donors (Lipinski definition) is 2. The van der Waals surface area contributed by atoms with Crippen molar-refractivity contribution in [3.63, 3.8) is 0 Å². The van der Waals surface area contributed by atoms with Gasteiger partial charge in [0.1, 0.15) is 5.75 Å². The van der Waals surface area contributed by atoms with Gasteiger partial charge in [-0.15, -0.1) is 0 Å². The number of carbonyl (C=O) groups is 1. The average molecular weight is 442 g/mol. The minimum atomic E-state index is -3.60. The maximum atomic E-state index is 13.3. The van der Waals surface area contributed by atoms with Crippen molar-refractivity contribution in [3.8, 4) is 5.75 Å². The fraction of sp³-hybridized carbons (Fsp3) is 0.348. The number of hydrogen-bond acceptors (Lipinski definition) is 4. The fourth-order valence-corrected chi connectivity index (χ4v) is 5.16. The molecule has 1 aliphatic carbocycles. The van der Waals surface area contributed by atoms with E-state index in [1.807, 2.05) is 25.1 Å². The van der Waals surface area contributed by atoms with Crippen LogP contribution in [-0.2, 0) is 16.6 Å². The second-order valence-electron chi connectivity index (χ2n) is 7.87. The molecule has 0 spiro atoms. The SMILES string of the molecule is CCCn1c(C)c(C(=O)Nc2cccc(S(=O)(=O)NC3CC3)c2)c2cc(OC)ccc21. The summed E-state index contributed by atoms with van der Waals surface area (Å²) in [6.07, 6.45) is 2.66. The lowest BCUT2D eigenvalue weighted by Gasteiger charge is -2.10. The second kappa shape index (κ2) is 8.36. The highest BCUT2D eigenvalue weighted by Crippen LogP contribution is 2.31. The molecular weight excluding hydrogens is 414 g/mol. The van der Waals surface area contributed by atoms with Crippen LogP contribution in [0.15, 0.2) is 47.4 Å². The van der Waals surface area contributed by atoms with E-state index in [4.69, 9.17) is 4.74 Å². The summed E-state index contributed by atoms with van der Waals surface area (Å²) in [6, 6.07) is 12.1. The van der Waals surface area contributed by atoms with Crippen LogP contribution in [0, 0.1) is 6.92 Å². The first-order valence-corrected chi connectivity index (χ1v) is 11.9. The number of aryl methyl sites for hydroxylation is 1. The molecule has 31 heavy (non-hydrogen) atoms. The number of nitrogens with zero attached hydrogens (tertiary/aromatic N) is 1. The lowest BCUT2D eigenvalue weighted by molar-refractivity contribution is 0.102. The Hall–Kier alpha value is -2.84. The molecule has 0 saturated heterocycles. The van der Waals surface area contributed by atoms with Gasteiger partial charge >= 0.3 is 0 Å². The number of anilines is 1. The summed E-state index contributed by atoms with van der Waals surface area (Å²) in [5, 5.41) is 3.69. The van der Waals surface area contributed by atoms with Crippen LogP contribution in [0.4, 0.5) is 5.69 Å². The third kappa shape index (κ3) is 4.31. The number of ether oxygens (including phenoxy) is 1. The Labute approximate surface area is 182 Å². The fourth-order valence-electron chi connectivity index (χ4n) is 3.81. The third-order valence-corrected chi connectivity index (χ3v) is 7.02. The van der Waals surface area contributed by atoms with Crippen molar-refractivity contribution in [2.75, 3.05) is 12.4 Å². The van der Waals surface area contributed by atoms with Crippen molar-refractivity contribution >= 4 is 32.5 Å². The Balaban J connectivity index is 1.69. The minimum Gasteiger partial charge on any atom is -0.497 e. The summed E-state index contributed by atoms with van der Waals surface area (Å²) in [5.74, 6) is 0.393. The maximum absolute atomic E-state index is 13.3. The first-order chi connectivity index (χ1) is 14.8. The molecule has 2 aromatic carbocycles. The van der Waals surface area contributed by atoms with Crippen molar-refractivity contribution < 1.29 is 17.9 Å². The van der Waals surface area contributed by atoms with Gasteiger partial charge in [0.2, 0.25) is 10.0 Å². The molecule has 8 heteroatoms. The van der Waals surface area contributed by atoms with Crippen LogP contribution in [0.2, 0.25) is 0 Å². The molecule has 4 rings (SSSR count). The highest BCUT2D eigenvalue weighted by atomic mass is 32.2. The Morgan fingerprint density at radius 1 is 1.19 bits per heavy atom. The number of carbonyl (C=O) groups excluding carboxylic acids is 1. The molecule has 1 heterocycles. The normalized spacial score (nSPS) is 14.0. The average Bonchev–Trinajstić information content (AvgIpc) is 3.50. The van der Waals surface area contributed by atoms with E-state index in [0.717, 1.165) is 42.4 Å². The number of sulfonamides is 1. The molecular formula is C23H27N3O4S. The molecule has 1 fully saturated rings. The summed E-state index contributed by atoms with van der Waals surface area (Å²) in [4.78, 5) is 13.4. The Morgan fingerprint density at radius 3 is 2.65 bits per heavy atom. The van der Waals surface area contributed by atoms with Gasteiger partial charge in [-0.05, 0) is 62.6 Å².